The van der Waals surface area contributed by atoms with Gasteiger partial charge in [0, 0.05) is 11.8 Å². The second kappa shape index (κ2) is 4.74. The summed E-state index contributed by atoms with van der Waals surface area (Å²) in [6.45, 7) is 1.42. The van der Waals surface area contributed by atoms with Crippen LogP contribution in [0.2, 0.25) is 0 Å². The van der Waals surface area contributed by atoms with E-state index in [4.69, 9.17) is 11.0 Å². The number of nitrogens with two attached hydrogens (primary N) is 1. The lowest BCUT2D eigenvalue weighted by molar-refractivity contribution is 0.0993. The van der Waals surface area contributed by atoms with E-state index in [1.165, 1.54) is 29.9 Å². The lowest BCUT2D eigenvalue weighted by Gasteiger charge is -2.07. The molecule has 0 radical (unpaired) electrons. The van der Waals surface area contributed by atoms with Crippen molar-refractivity contribution in [3.63, 3.8) is 0 Å². The van der Waals surface area contributed by atoms with Crippen molar-refractivity contribution in [3.05, 3.63) is 47.3 Å². The topological polar surface area (TPSA) is 102 Å². The van der Waals surface area contributed by atoms with Crippen LogP contribution < -0.4 is 5.73 Å². The Bertz CT molecular complexity index is 710. The van der Waals surface area contributed by atoms with Gasteiger partial charge in [0.2, 0.25) is 0 Å². The van der Waals surface area contributed by atoms with E-state index in [0.29, 0.717) is 16.8 Å². The third-order valence-electron chi connectivity index (χ3n) is 2.59. The number of carbonyl (C=O) groups is 2. The number of nitriles is 1. The van der Waals surface area contributed by atoms with Gasteiger partial charge in [0.05, 0.1) is 17.3 Å². The summed E-state index contributed by atoms with van der Waals surface area (Å²) in [7, 11) is 0. The number of amides is 1. The van der Waals surface area contributed by atoms with Gasteiger partial charge in [-0.15, -0.1) is 0 Å². The zero-order valence-electron chi connectivity index (χ0n) is 10.1. The molecule has 0 aliphatic carbocycles. The molecule has 0 spiro atoms. The van der Waals surface area contributed by atoms with E-state index in [-0.39, 0.29) is 11.5 Å². The molecule has 1 heterocycles. The molecule has 2 rings (SSSR count). The molecule has 94 valence electrons. The molecule has 6 heteroatoms. The maximum absolute atomic E-state index is 11.6. The van der Waals surface area contributed by atoms with Crippen LogP contribution >= 0.6 is 0 Å². The summed E-state index contributed by atoms with van der Waals surface area (Å²) in [6, 6.07) is 8.09. The predicted molar refractivity (Wildman–Crippen MR) is 66.8 cm³/mol. The summed E-state index contributed by atoms with van der Waals surface area (Å²) in [5.74, 6) is -0.810. The number of Topliss-reactive ketones (excluding diaryl/α,β-unsaturated/α-hetero) is 1. The van der Waals surface area contributed by atoms with Crippen molar-refractivity contribution < 1.29 is 9.59 Å². The molecule has 6 nitrogen and oxygen atoms in total. The third-order valence-corrected chi connectivity index (χ3v) is 2.59. The highest BCUT2D eigenvalue weighted by molar-refractivity contribution is 5.98. The minimum atomic E-state index is -0.653. The number of nitrogens with zero attached hydrogens (tertiary/aromatic N) is 3. The van der Waals surface area contributed by atoms with Crippen molar-refractivity contribution in [2.45, 2.75) is 6.92 Å². The second-order valence-corrected chi connectivity index (χ2v) is 3.91. The number of hydrogen-bond donors (Lipinski definition) is 1. The quantitative estimate of drug-likeness (QED) is 0.827. The number of ketones is 1. The van der Waals surface area contributed by atoms with E-state index in [0.717, 1.165) is 0 Å². The maximum Gasteiger partial charge on any atom is 0.269 e. The normalized spacial score (nSPS) is 9.89. The molecule has 1 aromatic heterocycles. The summed E-state index contributed by atoms with van der Waals surface area (Å²) < 4.78 is 1.36. The van der Waals surface area contributed by atoms with E-state index in [1.807, 2.05) is 6.07 Å². The largest absolute Gasteiger partial charge is 0.364 e. The summed E-state index contributed by atoms with van der Waals surface area (Å²) in [6.07, 6.45) is 1.52. The van der Waals surface area contributed by atoms with Gasteiger partial charge in [-0.05, 0) is 31.2 Å². The molecule has 0 fully saturated rings. The fourth-order valence-electron chi connectivity index (χ4n) is 1.68. The first-order valence-corrected chi connectivity index (χ1v) is 5.44. The van der Waals surface area contributed by atoms with E-state index in [2.05, 4.69) is 5.10 Å². The van der Waals surface area contributed by atoms with Crippen molar-refractivity contribution in [1.82, 2.24) is 9.78 Å². The lowest BCUT2D eigenvalue weighted by Crippen LogP contribution is -2.13. The van der Waals surface area contributed by atoms with Crippen LogP contribution in [-0.2, 0) is 0 Å². The van der Waals surface area contributed by atoms with Crippen molar-refractivity contribution in [3.8, 4) is 11.8 Å². The summed E-state index contributed by atoms with van der Waals surface area (Å²) >= 11 is 0. The van der Waals surface area contributed by atoms with E-state index < -0.39 is 5.91 Å². The SMILES string of the molecule is CC(=O)c1ccc(C#N)cc1-n1ccc(C(N)=O)n1. The highest BCUT2D eigenvalue weighted by atomic mass is 16.1. The van der Waals surface area contributed by atoms with Gasteiger partial charge < -0.3 is 5.73 Å². The van der Waals surface area contributed by atoms with E-state index in [1.54, 1.807) is 12.1 Å². The molecular formula is C13H10N4O2. The Morgan fingerprint density at radius 1 is 1.37 bits per heavy atom. The Morgan fingerprint density at radius 3 is 2.63 bits per heavy atom. The molecule has 0 aliphatic rings. The van der Waals surface area contributed by atoms with Gasteiger partial charge >= 0.3 is 0 Å². The molecule has 0 aliphatic heterocycles. The zero-order valence-corrected chi connectivity index (χ0v) is 10.1. The average molecular weight is 254 g/mol. The van der Waals surface area contributed by atoms with Gasteiger partial charge in [-0.25, -0.2) is 4.68 Å². The van der Waals surface area contributed by atoms with Crippen molar-refractivity contribution >= 4 is 11.7 Å². The molecule has 19 heavy (non-hydrogen) atoms. The molecule has 0 atom stereocenters. The van der Waals surface area contributed by atoms with Crippen LogP contribution in [0.5, 0.6) is 0 Å². The van der Waals surface area contributed by atoms with Gasteiger partial charge in [0.25, 0.3) is 5.91 Å². The Balaban J connectivity index is 2.61. The predicted octanol–water partition coefficient (Wildman–Crippen LogP) is 1.05. The second-order valence-electron chi connectivity index (χ2n) is 3.91. The lowest BCUT2D eigenvalue weighted by atomic mass is 10.1. The molecule has 1 amide bonds. The summed E-state index contributed by atoms with van der Waals surface area (Å²) in [5, 5.41) is 12.9. The van der Waals surface area contributed by atoms with E-state index in [9.17, 15) is 9.59 Å². The highest BCUT2D eigenvalue weighted by Crippen LogP contribution is 2.17. The first-order valence-electron chi connectivity index (χ1n) is 5.44. The van der Waals surface area contributed by atoms with Crippen LogP contribution in [-0.4, -0.2) is 21.5 Å². The smallest absolute Gasteiger partial charge is 0.269 e. The Hall–Kier alpha value is -2.94. The summed E-state index contributed by atoms with van der Waals surface area (Å²) in [5.41, 5.74) is 6.48. The first-order chi connectivity index (χ1) is 9.02. The van der Waals surface area contributed by atoms with Crippen molar-refractivity contribution in [2.24, 2.45) is 5.73 Å². The molecule has 2 N–H and O–H groups in total. The fourth-order valence-corrected chi connectivity index (χ4v) is 1.68. The van der Waals surface area contributed by atoms with Gasteiger partial charge in [-0.1, -0.05) is 0 Å². The number of carbonyl (C=O) groups excluding carboxylic acids is 2. The number of benzene rings is 1. The standard InChI is InChI=1S/C13H10N4O2/c1-8(18)10-3-2-9(7-14)6-12(10)17-5-4-11(16-17)13(15)19/h2-6H,1H3,(H2,15,19). The molecule has 2 aromatic rings. The average Bonchev–Trinajstić information content (AvgIpc) is 2.87. The minimum Gasteiger partial charge on any atom is -0.364 e. The molecule has 0 saturated heterocycles. The molecular weight excluding hydrogens is 244 g/mol. The van der Waals surface area contributed by atoms with Gasteiger partial charge in [0.1, 0.15) is 5.69 Å². The number of rotatable bonds is 3. The van der Waals surface area contributed by atoms with Crippen LogP contribution in [0.1, 0.15) is 33.3 Å². The number of hydrogen-bond acceptors (Lipinski definition) is 4. The molecule has 0 unspecified atom stereocenters. The Kier molecular flexibility index (Phi) is 3.12. The van der Waals surface area contributed by atoms with Crippen molar-refractivity contribution in [1.29, 1.82) is 5.26 Å². The Labute approximate surface area is 109 Å². The summed E-state index contributed by atoms with van der Waals surface area (Å²) in [4.78, 5) is 22.6. The zero-order chi connectivity index (χ0) is 14.0. The van der Waals surface area contributed by atoms with Crippen molar-refractivity contribution in [2.75, 3.05) is 0 Å². The van der Waals surface area contributed by atoms with Gasteiger partial charge in [-0.3, -0.25) is 9.59 Å². The molecule has 1 aromatic carbocycles. The molecule has 0 saturated carbocycles. The van der Waals surface area contributed by atoms with Crippen LogP contribution in [0.4, 0.5) is 0 Å². The Morgan fingerprint density at radius 2 is 2.11 bits per heavy atom. The van der Waals surface area contributed by atoms with Crippen LogP contribution in [0.3, 0.4) is 0 Å². The van der Waals surface area contributed by atoms with Gasteiger partial charge in [-0.2, -0.15) is 10.4 Å². The number of aromatic nitrogens is 2. The first kappa shape index (κ1) is 12.5. The van der Waals surface area contributed by atoms with Crippen LogP contribution in [0.15, 0.2) is 30.5 Å². The maximum atomic E-state index is 11.6. The third kappa shape index (κ3) is 2.35. The highest BCUT2D eigenvalue weighted by Gasteiger charge is 2.13. The fraction of sp³-hybridized carbons (Fsp3) is 0.0769. The van der Waals surface area contributed by atoms with Crippen LogP contribution in [0.25, 0.3) is 5.69 Å². The van der Waals surface area contributed by atoms with E-state index >= 15 is 0 Å². The monoisotopic (exact) mass is 254 g/mol. The molecule has 0 bridgehead atoms. The number of primary amides is 1. The minimum absolute atomic E-state index is 0.0943. The van der Waals surface area contributed by atoms with Crippen LogP contribution in [0, 0.1) is 11.3 Å². The van der Waals surface area contributed by atoms with Gasteiger partial charge in [0.15, 0.2) is 5.78 Å².